The Morgan fingerprint density at radius 1 is 0.667 bits per heavy atom. The van der Waals surface area contributed by atoms with Crippen LogP contribution in [0.2, 0.25) is 0 Å². The molecule has 0 bridgehead atoms. The second-order valence-corrected chi connectivity index (χ2v) is 8.99. The quantitative estimate of drug-likeness (QED) is 0.400. The minimum atomic E-state index is -3.71. The molecule has 1 heterocycles. The summed E-state index contributed by atoms with van der Waals surface area (Å²) in [6.07, 6.45) is 0. The first-order valence-corrected chi connectivity index (χ1v) is 11.2. The molecule has 0 saturated carbocycles. The van der Waals surface area contributed by atoms with Crippen LogP contribution in [0.4, 0.5) is 5.69 Å². The SMILES string of the molecule is Cc1ccc(S(=O)(=O)Nc2ccccc2-n2c3ccccc3c3ccccc32)cc1. The first kappa shape index (κ1) is 18.5. The molecule has 1 aromatic heterocycles. The van der Waals surface area contributed by atoms with Gasteiger partial charge in [-0.15, -0.1) is 0 Å². The van der Waals surface area contributed by atoms with Crippen molar-refractivity contribution in [1.29, 1.82) is 0 Å². The molecule has 4 aromatic carbocycles. The van der Waals surface area contributed by atoms with Crippen LogP contribution >= 0.6 is 0 Å². The van der Waals surface area contributed by atoms with E-state index in [1.165, 1.54) is 0 Å². The molecule has 1 N–H and O–H groups in total. The van der Waals surface area contributed by atoms with Crippen molar-refractivity contribution in [3.63, 3.8) is 0 Å². The van der Waals surface area contributed by atoms with Gasteiger partial charge in [-0.05, 0) is 43.3 Å². The zero-order valence-corrected chi connectivity index (χ0v) is 17.2. The molecule has 5 rings (SSSR count). The highest BCUT2D eigenvalue weighted by Gasteiger charge is 2.18. The molecule has 30 heavy (non-hydrogen) atoms. The summed E-state index contributed by atoms with van der Waals surface area (Å²) >= 11 is 0. The number of aryl methyl sites for hydroxylation is 1. The number of nitrogens with one attached hydrogen (secondary N) is 1. The van der Waals surface area contributed by atoms with E-state index in [1.807, 2.05) is 49.4 Å². The number of para-hydroxylation sites is 4. The number of nitrogens with zero attached hydrogens (tertiary/aromatic N) is 1. The van der Waals surface area contributed by atoms with Crippen LogP contribution in [0.5, 0.6) is 0 Å². The third-order valence-corrected chi connectivity index (χ3v) is 6.68. The number of anilines is 1. The summed E-state index contributed by atoms with van der Waals surface area (Å²) in [7, 11) is -3.71. The standard InChI is InChI=1S/C25H20N2O2S/c1-18-14-16-19(17-15-18)30(28,29)26-22-10-4-7-13-25(22)27-23-11-5-2-8-20(23)21-9-3-6-12-24(21)27/h2-17,26H,1H3. The van der Waals surface area contributed by atoms with Gasteiger partial charge >= 0.3 is 0 Å². The Balaban J connectivity index is 1.71. The van der Waals surface area contributed by atoms with Crippen molar-refractivity contribution in [2.24, 2.45) is 0 Å². The van der Waals surface area contributed by atoms with Crippen LogP contribution in [-0.2, 0) is 10.0 Å². The van der Waals surface area contributed by atoms with E-state index in [2.05, 4.69) is 33.6 Å². The summed E-state index contributed by atoms with van der Waals surface area (Å²) in [5.74, 6) is 0. The maximum absolute atomic E-state index is 13.0. The second-order valence-electron chi connectivity index (χ2n) is 7.31. The Bertz CT molecular complexity index is 1430. The molecular formula is C25H20N2O2S. The smallest absolute Gasteiger partial charge is 0.261 e. The van der Waals surface area contributed by atoms with Gasteiger partial charge in [0.05, 0.1) is 27.3 Å². The van der Waals surface area contributed by atoms with E-state index < -0.39 is 10.0 Å². The topological polar surface area (TPSA) is 51.1 Å². The first-order valence-electron chi connectivity index (χ1n) is 9.72. The number of aromatic nitrogens is 1. The van der Waals surface area contributed by atoms with Crippen molar-refractivity contribution in [3.05, 3.63) is 103 Å². The largest absolute Gasteiger partial charge is 0.307 e. The predicted octanol–water partition coefficient (Wildman–Crippen LogP) is 5.89. The van der Waals surface area contributed by atoms with E-state index in [1.54, 1.807) is 30.3 Å². The molecule has 0 atom stereocenters. The average molecular weight is 413 g/mol. The molecule has 0 radical (unpaired) electrons. The fraction of sp³-hybridized carbons (Fsp3) is 0.0400. The number of hydrogen-bond donors (Lipinski definition) is 1. The maximum atomic E-state index is 13.0. The minimum Gasteiger partial charge on any atom is -0.307 e. The number of rotatable bonds is 4. The number of sulfonamides is 1. The highest BCUT2D eigenvalue weighted by molar-refractivity contribution is 7.92. The number of hydrogen-bond acceptors (Lipinski definition) is 2. The summed E-state index contributed by atoms with van der Waals surface area (Å²) in [6.45, 7) is 1.93. The van der Waals surface area contributed by atoms with E-state index in [4.69, 9.17) is 0 Å². The van der Waals surface area contributed by atoms with Gasteiger partial charge in [0, 0.05) is 10.8 Å². The first-order chi connectivity index (χ1) is 14.5. The van der Waals surface area contributed by atoms with Gasteiger partial charge in [-0.3, -0.25) is 4.72 Å². The molecule has 0 amide bonds. The Kier molecular flexibility index (Phi) is 4.33. The highest BCUT2D eigenvalue weighted by Crippen LogP contribution is 2.34. The van der Waals surface area contributed by atoms with Crippen molar-refractivity contribution in [2.45, 2.75) is 11.8 Å². The monoisotopic (exact) mass is 412 g/mol. The van der Waals surface area contributed by atoms with Crippen molar-refractivity contribution >= 4 is 37.5 Å². The molecular weight excluding hydrogens is 392 g/mol. The lowest BCUT2D eigenvalue weighted by molar-refractivity contribution is 0.601. The Morgan fingerprint density at radius 3 is 1.83 bits per heavy atom. The summed E-state index contributed by atoms with van der Waals surface area (Å²) in [4.78, 5) is 0.241. The van der Waals surface area contributed by atoms with Crippen molar-refractivity contribution in [1.82, 2.24) is 4.57 Å². The van der Waals surface area contributed by atoms with Gasteiger partial charge in [0.1, 0.15) is 0 Å². The fourth-order valence-corrected chi connectivity index (χ4v) is 4.93. The average Bonchev–Trinajstić information content (AvgIpc) is 3.09. The van der Waals surface area contributed by atoms with E-state index in [0.29, 0.717) is 5.69 Å². The van der Waals surface area contributed by atoms with Crippen molar-refractivity contribution in [2.75, 3.05) is 4.72 Å². The van der Waals surface area contributed by atoms with Gasteiger partial charge < -0.3 is 4.57 Å². The molecule has 0 aliphatic carbocycles. The second kappa shape index (κ2) is 7.04. The minimum absolute atomic E-state index is 0.241. The van der Waals surface area contributed by atoms with E-state index in [0.717, 1.165) is 33.1 Å². The zero-order chi connectivity index (χ0) is 20.7. The fourth-order valence-electron chi connectivity index (χ4n) is 3.86. The zero-order valence-electron chi connectivity index (χ0n) is 16.4. The lowest BCUT2D eigenvalue weighted by Crippen LogP contribution is -2.14. The maximum Gasteiger partial charge on any atom is 0.261 e. The van der Waals surface area contributed by atoms with E-state index in [-0.39, 0.29) is 4.90 Å². The molecule has 0 unspecified atom stereocenters. The lowest BCUT2D eigenvalue weighted by atomic mass is 10.2. The third-order valence-electron chi connectivity index (χ3n) is 5.30. The van der Waals surface area contributed by atoms with Crippen LogP contribution in [0, 0.1) is 6.92 Å². The summed E-state index contributed by atoms with van der Waals surface area (Å²) in [6, 6.07) is 30.7. The van der Waals surface area contributed by atoms with Crippen molar-refractivity contribution in [3.8, 4) is 5.69 Å². The summed E-state index contributed by atoms with van der Waals surface area (Å²) in [5.41, 5.74) is 4.39. The van der Waals surface area contributed by atoms with Crippen LogP contribution in [0.3, 0.4) is 0 Å². The Morgan fingerprint density at radius 2 is 1.20 bits per heavy atom. The summed E-state index contributed by atoms with van der Waals surface area (Å²) < 4.78 is 31.0. The predicted molar refractivity (Wildman–Crippen MR) is 123 cm³/mol. The molecule has 4 nitrogen and oxygen atoms in total. The molecule has 0 aliphatic rings. The van der Waals surface area contributed by atoms with Gasteiger partial charge in [-0.1, -0.05) is 66.2 Å². The van der Waals surface area contributed by atoms with Gasteiger partial charge in [-0.2, -0.15) is 0 Å². The van der Waals surface area contributed by atoms with Crippen molar-refractivity contribution < 1.29 is 8.42 Å². The van der Waals surface area contributed by atoms with Gasteiger partial charge in [-0.25, -0.2) is 8.42 Å². The normalized spacial score (nSPS) is 11.8. The molecule has 0 saturated heterocycles. The number of benzene rings is 4. The molecule has 5 aromatic rings. The highest BCUT2D eigenvalue weighted by atomic mass is 32.2. The Hall–Kier alpha value is -3.57. The van der Waals surface area contributed by atoms with Crippen LogP contribution in [-0.4, -0.2) is 13.0 Å². The van der Waals surface area contributed by atoms with Gasteiger partial charge in [0.25, 0.3) is 10.0 Å². The van der Waals surface area contributed by atoms with Gasteiger partial charge in [0.2, 0.25) is 0 Å². The van der Waals surface area contributed by atoms with Crippen LogP contribution < -0.4 is 4.72 Å². The van der Waals surface area contributed by atoms with Crippen LogP contribution in [0.25, 0.3) is 27.5 Å². The molecule has 148 valence electrons. The third kappa shape index (κ3) is 3.04. The molecule has 0 spiro atoms. The summed E-state index contributed by atoms with van der Waals surface area (Å²) in [5, 5.41) is 2.26. The number of fused-ring (bicyclic) bond motifs is 3. The molecule has 5 heteroatoms. The van der Waals surface area contributed by atoms with Crippen LogP contribution in [0.15, 0.2) is 102 Å². The Labute approximate surface area is 175 Å². The van der Waals surface area contributed by atoms with Gasteiger partial charge in [0.15, 0.2) is 0 Å². The van der Waals surface area contributed by atoms with E-state index >= 15 is 0 Å². The molecule has 0 aliphatic heterocycles. The lowest BCUT2D eigenvalue weighted by Gasteiger charge is -2.15. The van der Waals surface area contributed by atoms with E-state index in [9.17, 15) is 8.42 Å². The molecule has 0 fully saturated rings. The van der Waals surface area contributed by atoms with Crippen LogP contribution in [0.1, 0.15) is 5.56 Å².